The number of benzene rings is 2. The van der Waals surface area contributed by atoms with Gasteiger partial charge in [0.1, 0.15) is 5.82 Å². The van der Waals surface area contributed by atoms with Crippen molar-refractivity contribution in [3.8, 4) is 11.5 Å². The highest BCUT2D eigenvalue weighted by atomic mass is 32.2. The van der Waals surface area contributed by atoms with E-state index in [9.17, 15) is 12.8 Å². The van der Waals surface area contributed by atoms with Crippen molar-refractivity contribution in [2.45, 2.75) is 23.4 Å². The third-order valence-electron chi connectivity index (χ3n) is 4.45. The quantitative estimate of drug-likeness (QED) is 0.455. The molecule has 6 nitrogen and oxygen atoms in total. The number of rotatable bonds is 6. The fraction of sp³-hybridized carbons (Fsp3) is 0.0909. The average Bonchev–Trinajstić information content (AvgIpc) is 3.19. The van der Waals surface area contributed by atoms with Crippen molar-refractivity contribution in [2.75, 3.05) is 5.32 Å². The van der Waals surface area contributed by atoms with E-state index in [1.165, 1.54) is 12.1 Å². The Hall–Kier alpha value is -3.52. The van der Waals surface area contributed by atoms with Crippen LogP contribution in [-0.2, 0) is 16.4 Å². The summed E-state index contributed by atoms with van der Waals surface area (Å²) in [7, 11) is -4.04. The molecule has 30 heavy (non-hydrogen) atoms. The summed E-state index contributed by atoms with van der Waals surface area (Å²) in [5, 5.41) is 2.74. The summed E-state index contributed by atoms with van der Waals surface area (Å²) in [6.07, 6.45) is 3.32. The maximum Gasteiger partial charge on any atom is 0.234 e. The molecule has 0 spiro atoms. The molecule has 0 fully saturated rings. The van der Waals surface area contributed by atoms with Crippen LogP contribution in [0.25, 0.3) is 11.5 Å². The fourth-order valence-electron chi connectivity index (χ4n) is 2.83. The molecular weight excluding hydrogens is 405 g/mol. The van der Waals surface area contributed by atoms with Gasteiger partial charge in [-0.15, -0.1) is 0 Å². The van der Waals surface area contributed by atoms with Gasteiger partial charge in [0.2, 0.25) is 26.6 Å². The summed E-state index contributed by atoms with van der Waals surface area (Å²) >= 11 is 0. The van der Waals surface area contributed by atoms with Crippen molar-refractivity contribution in [3.63, 3.8) is 0 Å². The van der Waals surface area contributed by atoms with Crippen LogP contribution in [0, 0.1) is 12.7 Å². The molecule has 4 rings (SSSR count). The predicted molar refractivity (Wildman–Crippen MR) is 110 cm³/mol. The third kappa shape index (κ3) is 4.08. The second kappa shape index (κ2) is 8.08. The van der Waals surface area contributed by atoms with Crippen molar-refractivity contribution < 1.29 is 17.2 Å². The van der Waals surface area contributed by atoms with Crippen LogP contribution in [0.1, 0.15) is 11.1 Å². The van der Waals surface area contributed by atoms with E-state index in [4.69, 9.17) is 4.42 Å². The Morgan fingerprint density at radius 3 is 2.43 bits per heavy atom. The molecule has 0 saturated heterocycles. The minimum atomic E-state index is -4.04. The van der Waals surface area contributed by atoms with Crippen LogP contribution in [0.15, 0.2) is 87.4 Å². The number of sulfone groups is 1. The summed E-state index contributed by atoms with van der Waals surface area (Å²) in [5.74, 6) is -0.340. The number of aryl methyl sites for hydroxylation is 1. The molecule has 0 bridgehead atoms. The molecule has 0 unspecified atom stereocenters. The molecular formula is C22H18FN3O3S. The lowest BCUT2D eigenvalue weighted by Gasteiger charge is -2.06. The Balaban J connectivity index is 1.76. The van der Waals surface area contributed by atoms with Crippen LogP contribution < -0.4 is 5.32 Å². The summed E-state index contributed by atoms with van der Waals surface area (Å²) < 4.78 is 45.4. The number of pyridine rings is 1. The molecule has 4 aromatic rings. The molecule has 0 atom stereocenters. The number of nitrogens with zero attached hydrogens (tertiary/aromatic N) is 2. The Morgan fingerprint density at radius 1 is 1.03 bits per heavy atom. The first-order chi connectivity index (χ1) is 14.4. The van der Waals surface area contributed by atoms with Gasteiger partial charge >= 0.3 is 0 Å². The van der Waals surface area contributed by atoms with Gasteiger partial charge in [0.05, 0.1) is 4.90 Å². The van der Waals surface area contributed by atoms with Gasteiger partial charge in [0, 0.05) is 24.5 Å². The van der Waals surface area contributed by atoms with Gasteiger partial charge in [-0.2, -0.15) is 4.98 Å². The first-order valence-electron chi connectivity index (χ1n) is 9.15. The van der Waals surface area contributed by atoms with Gasteiger partial charge in [0.25, 0.3) is 0 Å². The largest absolute Gasteiger partial charge is 0.419 e. The average molecular weight is 423 g/mol. The first kappa shape index (κ1) is 19.8. The molecule has 8 heteroatoms. The smallest absolute Gasteiger partial charge is 0.234 e. The minimum absolute atomic E-state index is 0.0127. The van der Waals surface area contributed by atoms with Crippen molar-refractivity contribution in [1.29, 1.82) is 0 Å². The molecule has 0 aliphatic rings. The van der Waals surface area contributed by atoms with Crippen molar-refractivity contribution in [3.05, 3.63) is 90.0 Å². The van der Waals surface area contributed by atoms with E-state index in [0.29, 0.717) is 12.1 Å². The van der Waals surface area contributed by atoms with E-state index in [-0.39, 0.29) is 21.7 Å². The zero-order chi connectivity index (χ0) is 21.1. The van der Waals surface area contributed by atoms with Crippen LogP contribution in [0.3, 0.4) is 0 Å². The molecule has 0 amide bonds. The van der Waals surface area contributed by atoms with Crippen molar-refractivity contribution in [1.82, 2.24) is 9.97 Å². The molecule has 2 aromatic carbocycles. The van der Waals surface area contributed by atoms with Gasteiger partial charge in [0.15, 0.2) is 0 Å². The number of aromatic nitrogens is 2. The maximum atomic E-state index is 13.3. The normalized spacial score (nSPS) is 11.4. The lowest BCUT2D eigenvalue weighted by atomic mass is 10.1. The van der Waals surface area contributed by atoms with E-state index < -0.39 is 15.7 Å². The predicted octanol–water partition coefficient (Wildman–Crippen LogP) is 4.63. The van der Waals surface area contributed by atoms with E-state index in [2.05, 4.69) is 15.3 Å². The molecule has 0 aliphatic carbocycles. The van der Waals surface area contributed by atoms with Crippen LogP contribution in [0.2, 0.25) is 0 Å². The Kier molecular flexibility index (Phi) is 5.33. The van der Waals surface area contributed by atoms with E-state index in [1.807, 2.05) is 25.1 Å². The summed E-state index contributed by atoms with van der Waals surface area (Å²) in [6.45, 7) is 2.24. The highest BCUT2D eigenvalue weighted by Crippen LogP contribution is 2.32. The van der Waals surface area contributed by atoms with Crippen LogP contribution in [-0.4, -0.2) is 18.4 Å². The Morgan fingerprint density at radius 2 is 1.77 bits per heavy atom. The number of hydrogen-bond donors (Lipinski definition) is 1. The van der Waals surface area contributed by atoms with Crippen LogP contribution in [0.5, 0.6) is 0 Å². The zero-order valence-electron chi connectivity index (χ0n) is 16.0. The molecule has 1 N–H and O–H groups in total. The van der Waals surface area contributed by atoms with Crippen LogP contribution in [0.4, 0.5) is 10.3 Å². The molecule has 2 aromatic heterocycles. The van der Waals surface area contributed by atoms with Crippen LogP contribution >= 0.6 is 0 Å². The third-order valence-corrected chi connectivity index (χ3v) is 6.13. The highest BCUT2D eigenvalue weighted by Gasteiger charge is 2.28. The highest BCUT2D eigenvalue weighted by molar-refractivity contribution is 7.91. The second-order valence-corrected chi connectivity index (χ2v) is 8.56. The summed E-state index contributed by atoms with van der Waals surface area (Å²) in [5.41, 5.74) is 2.54. The van der Waals surface area contributed by atoms with Gasteiger partial charge in [-0.3, -0.25) is 4.98 Å². The number of nitrogens with one attached hydrogen (secondary N) is 1. The minimum Gasteiger partial charge on any atom is -0.419 e. The van der Waals surface area contributed by atoms with Gasteiger partial charge in [-0.25, -0.2) is 12.8 Å². The van der Waals surface area contributed by atoms with E-state index in [0.717, 1.165) is 23.3 Å². The monoisotopic (exact) mass is 423 g/mol. The molecule has 152 valence electrons. The molecule has 0 saturated carbocycles. The lowest BCUT2D eigenvalue weighted by molar-refractivity contribution is 0.576. The number of hydrogen-bond acceptors (Lipinski definition) is 6. The number of halogens is 1. The Bertz CT molecular complexity index is 1250. The lowest BCUT2D eigenvalue weighted by Crippen LogP contribution is -2.07. The first-order valence-corrected chi connectivity index (χ1v) is 10.6. The van der Waals surface area contributed by atoms with Gasteiger partial charge in [-0.1, -0.05) is 23.8 Å². The Labute approximate surface area is 173 Å². The molecule has 0 radical (unpaired) electrons. The van der Waals surface area contributed by atoms with Gasteiger partial charge < -0.3 is 9.73 Å². The topological polar surface area (TPSA) is 85.1 Å². The maximum absolute atomic E-state index is 13.3. The summed E-state index contributed by atoms with van der Waals surface area (Å²) in [6, 6.07) is 15.6. The van der Waals surface area contributed by atoms with Crippen molar-refractivity contribution >= 4 is 15.7 Å². The molecule has 2 heterocycles. The fourth-order valence-corrected chi connectivity index (χ4v) is 4.11. The van der Waals surface area contributed by atoms with Gasteiger partial charge in [-0.05, 0) is 55.0 Å². The standard InChI is InChI=1S/C22H18FN3O3S/c1-15-4-6-17(7-5-15)20-26-22(30(27,28)19-10-8-18(23)9-11-19)21(29-20)25-14-16-3-2-12-24-13-16/h2-13,25H,14H2,1H3. The van der Waals surface area contributed by atoms with Crippen molar-refractivity contribution in [2.24, 2.45) is 0 Å². The summed E-state index contributed by atoms with van der Waals surface area (Å²) in [4.78, 5) is 8.24. The number of oxazole rings is 1. The molecule has 0 aliphatic heterocycles. The van der Waals surface area contributed by atoms with E-state index in [1.54, 1.807) is 30.6 Å². The SMILES string of the molecule is Cc1ccc(-c2nc(S(=O)(=O)c3ccc(F)cc3)c(NCc3cccnc3)o2)cc1. The number of anilines is 1. The zero-order valence-corrected chi connectivity index (χ0v) is 16.9. The second-order valence-electron chi connectivity index (χ2n) is 6.69. The van der Waals surface area contributed by atoms with E-state index >= 15 is 0 Å².